The summed E-state index contributed by atoms with van der Waals surface area (Å²) in [4.78, 5) is 14.6. The van der Waals surface area contributed by atoms with Crippen LogP contribution in [0.5, 0.6) is 5.75 Å². The van der Waals surface area contributed by atoms with Crippen LogP contribution in [0.25, 0.3) is 0 Å². The number of carbonyl (C=O) groups is 1. The molecular weight excluding hydrogens is 290 g/mol. The van der Waals surface area contributed by atoms with Gasteiger partial charge in [-0.2, -0.15) is 0 Å². The molecule has 3 rings (SSSR count). The molecule has 0 atom stereocenters. The van der Waals surface area contributed by atoms with Crippen LogP contribution in [0.1, 0.15) is 6.42 Å². The minimum atomic E-state index is -0.0498. The lowest BCUT2D eigenvalue weighted by molar-refractivity contribution is -0.115. The second kappa shape index (κ2) is 7.05. The summed E-state index contributed by atoms with van der Waals surface area (Å²) in [5, 5.41) is 6.34. The summed E-state index contributed by atoms with van der Waals surface area (Å²) in [5.41, 5.74) is 2.84. The summed E-state index contributed by atoms with van der Waals surface area (Å²) in [7, 11) is 1.60. The smallest absolute Gasteiger partial charge is 0.243 e. The summed E-state index contributed by atoms with van der Waals surface area (Å²) in [5.74, 6) is 0.616. The Morgan fingerprint density at radius 1 is 1.22 bits per heavy atom. The lowest BCUT2D eigenvalue weighted by Gasteiger charge is -2.24. The average molecular weight is 311 g/mol. The maximum Gasteiger partial charge on any atom is 0.243 e. The Bertz CT molecular complexity index is 687. The predicted octanol–water partition coefficient (Wildman–Crippen LogP) is 2.96. The molecule has 5 nitrogen and oxygen atoms in total. The minimum absolute atomic E-state index is 0.0498. The lowest BCUT2D eigenvalue weighted by atomic mass is 10.2. The van der Waals surface area contributed by atoms with E-state index in [0.717, 1.165) is 30.9 Å². The van der Waals surface area contributed by atoms with E-state index in [1.807, 2.05) is 48.5 Å². The summed E-state index contributed by atoms with van der Waals surface area (Å²) < 4.78 is 5.27. The fourth-order valence-corrected chi connectivity index (χ4v) is 2.79. The number of hydrogen-bond acceptors (Lipinski definition) is 4. The van der Waals surface area contributed by atoms with Gasteiger partial charge in [-0.15, -0.1) is 0 Å². The molecule has 2 aromatic carbocycles. The molecule has 0 fully saturated rings. The normalized spacial score (nSPS) is 13.5. The van der Waals surface area contributed by atoms with Crippen molar-refractivity contribution < 1.29 is 9.53 Å². The van der Waals surface area contributed by atoms with E-state index in [-0.39, 0.29) is 5.91 Å². The number of nitrogens with one attached hydrogen (secondary N) is 2. The van der Waals surface area contributed by atoms with Crippen molar-refractivity contribution in [3.63, 3.8) is 0 Å². The van der Waals surface area contributed by atoms with E-state index in [1.165, 1.54) is 0 Å². The number of benzene rings is 2. The third-order valence-electron chi connectivity index (χ3n) is 3.88. The zero-order valence-electron chi connectivity index (χ0n) is 13.2. The molecule has 1 aliphatic rings. The topological polar surface area (TPSA) is 53.6 Å². The summed E-state index contributed by atoms with van der Waals surface area (Å²) in [6.07, 6.45) is 0.997. The third-order valence-corrected chi connectivity index (χ3v) is 3.88. The van der Waals surface area contributed by atoms with Crippen molar-refractivity contribution >= 4 is 23.0 Å². The standard InChI is InChI=1S/C18H21N3O2/c1-23-17-10-5-3-8-15(17)20-18(22)13-21-12-6-11-19-14-7-2-4-9-16(14)21/h2-5,7-10,19H,6,11-13H2,1H3,(H,20,22). The van der Waals surface area contributed by atoms with Crippen LogP contribution in [0, 0.1) is 0 Å². The molecule has 5 heteroatoms. The van der Waals surface area contributed by atoms with Crippen molar-refractivity contribution in [1.29, 1.82) is 0 Å². The molecule has 0 saturated carbocycles. The number of nitrogens with zero attached hydrogens (tertiary/aromatic N) is 1. The van der Waals surface area contributed by atoms with Gasteiger partial charge in [0.15, 0.2) is 0 Å². The first-order chi connectivity index (χ1) is 11.3. The average Bonchev–Trinajstić information content (AvgIpc) is 2.78. The van der Waals surface area contributed by atoms with E-state index in [0.29, 0.717) is 18.0 Å². The van der Waals surface area contributed by atoms with E-state index in [4.69, 9.17) is 4.74 Å². The molecule has 1 heterocycles. The van der Waals surface area contributed by atoms with Crippen molar-refractivity contribution in [2.75, 3.05) is 42.3 Å². The first-order valence-electron chi connectivity index (χ1n) is 7.78. The Labute approximate surface area is 136 Å². The maximum absolute atomic E-state index is 12.4. The van der Waals surface area contributed by atoms with Crippen molar-refractivity contribution in [3.05, 3.63) is 48.5 Å². The zero-order valence-corrected chi connectivity index (χ0v) is 13.2. The molecule has 2 N–H and O–H groups in total. The number of methoxy groups -OCH3 is 1. The van der Waals surface area contributed by atoms with E-state index in [1.54, 1.807) is 7.11 Å². The van der Waals surface area contributed by atoms with Gasteiger partial charge in [-0.3, -0.25) is 4.79 Å². The molecule has 120 valence electrons. The number of anilines is 3. The Balaban J connectivity index is 1.73. The first-order valence-corrected chi connectivity index (χ1v) is 7.78. The summed E-state index contributed by atoms with van der Waals surface area (Å²) >= 11 is 0. The SMILES string of the molecule is COc1ccccc1NC(=O)CN1CCCNc2ccccc21. The predicted molar refractivity (Wildman–Crippen MR) is 93.4 cm³/mol. The molecule has 0 aromatic heterocycles. The summed E-state index contributed by atoms with van der Waals surface area (Å²) in [6.45, 7) is 2.09. The molecule has 0 bridgehead atoms. The van der Waals surface area contributed by atoms with Crippen LogP contribution in [0.2, 0.25) is 0 Å². The number of rotatable bonds is 4. The van der Waals surface area contributed by atoms with Crippen molar-refractivity contribution in [2.24, 2.45) is 0 Å². The number of ether oxygens (including phenoxy) is 1. The highest BCUT2D eigenvalue weighted by molar-refractivity contribution is 5.96. The number of hydrogen-bond donors (Lipinski definition) is 2. The lowest BCUT2D eigenvalue weighted by Crippen LogP contribution is -2.33. The molecule has 1 amide bonds. The van der Waals surface area contributed by atoms with Crippen LogP contribution >= 0.6 is 0 Å². The Hall–Kier alpha value is -2.69. The molecule has 0 radical (unpaired) electrons. The molecule has 2 aromatic rings. The fraction of sp³-hybridized carbons (Fsp3) is 0.278. The van der Waals surface area contributed by atoms with Crippen LogP contribution in [0.4, 0.5) is 17.1 Å². The van der Waals surface area contributed by atoms with Gasteiger partial charge in [-0.25, -0.2) is 0 Å². The van der Waals surface area contributed by atoms with Gasteiger partial charge in [0, 0.05) is 13.1 Å². The van der Waals surface area contributed by atoms with E-state index in [2.05, 4.69) is 15.5 Å². The highest BCUT2D eigenvalue weighted by Crippen LogP contribution is 2.28. The molecule has 1 aliphatic heterocycles. The van der Waals surface area contributed by atoms with Crippen LogP contribution < -0.4 is 20.3 Å². The van der Waals surface area contributed by atoms with Crippen LogP contribution in [-0.4, -0.2) is 32.7 Å². The van der Waals surface area contributed by atoms with Gasteiger partial charge in [0.2, 0.25) is 5.91 Å². The number of para-hydroxylation sites is 4. The number of fused-ring (bicyclic) bond motifs is 1. The van der Waals surface area contributed by atoms with E-state index >= 15 is 0 Å². The number of amides is 1. The molecule has 0 spiro atoms. The Morgan fingerprint density at radius 3 is 2.87 bits per heavy atom. The second-order valence-electron chi connectivity index (χ2n) is 5.47. The molecular formula is C18H21N3O2. The summed E-state index contributed by atoms with van der Waals surface area (Å²) in [6, 6.07) is 15.5. The Morgan fingerprint density at radius 2 is 2.00 bits per heavy atom. The molecule has 0 saturated heterocycles. The first kappa shape index (κ1) is 15.2. The highest BCUT2D eigenvalue weighted by Gasteiger charge is 2.17. The Kier molecular flexibility index (Phi) is 4.66. The van der Waals surface area contributed by atoms with Crippen LogP contribution in [-0.2, 0) is 4.79 Å². The monoisotopic (exact) mass is 311 g/mol. The molecule has 23 heavy (non-hydrogen) atoms. The van der Waals surface area contributed by atoms with E-state index < -0.39 is 0 Å². The van der Waals surface area contributed by atoms with Gasteiger partial charge in [-0.1, -0.05) is 24.3 Å². The van der Waals surface area contributed by atoms with Crippen molar-refractivity contribution in [1.82, 2.24) is 0 Å². The second-order valence-corrected chi connectivity index (χ2v) is 5.47. The quantitative estimate of drug-likeness (QED) is 0.911. The largest absolute Gasteiger partial charge is 0.495 e. The van der Waals surface area contributed by atoms with Crippen LogP contribution in [0.15, 0.2) is 48.5 Å². The molecule has 0 aliphatic carbocycles. The maximum atomic E-state index is 12.4. The van der Waals surface area contributed by atoms with E-state index in [9.17, 15) is 4.79 Å². The molecule has 0 unspecified atom stereocenters. The van der Waals surface area contributed by atoms with Gasteiger partial charge < -0.3 is 20.3 Å². The van der Waals surface area contributed by atoms with Crippen molar-refractivity contribution in [3.8, 4) is 5.75 Å². The van der Waals surface area contributed by atoms with Crippen LogP contribution in [0.3, 0.4) is 0 Å². The number of carbonyl (C=O) groups excluding carboxylic acids is 1. The minimum Gasteiger partial charge on any atom is -0.495 e. The van der Waals surface area contributed by atoms with Gasteiger partial charge in [0.25, 0.3) is 0 Å². The van der Waals surface area contributed by atoms with Crippen molar-refractivity contribution in [2.45, 2.75) is 6.42 Å². The van der Waals surface area contributed by atoms with Gasteiger partial charge in [0.1, 0.15) is 5.75 Å². The van der Waals surface area contributed by atoms with Gasteiger partial charge in [0.05, 0.1) is 30.7 Å². The fourth-order valence-electron chi connectivity index (χ4n) is 2.79. The van der Waals surface area contributed by atoms with Gasteiger partial charge in [-0.05, 0) is 30.7 Å². The highest BCUT2D eigenvalue weighted by atomic mass is 16.5. The zero-order chi connectivity index (χ0) is 16.1. The third kappa shape index (κ3) is 3.56. The van der Waals surface area contributed by atoms with Gasteiger partial charge >= 0.3 is 0 Å².